The fraction of sp³-hybridized carbons (Fsp3) is 0.529. The molecule has 0 aromatic heterocycles. The second-order valence-electron chi connectivity index (χ2n) is 5.48. The van der Waals surface area contributed by atoms with E-state index >= 15 is 0 Å². The van der Waals surface area contributed by atoms with E-state index in [1.54, 1.807) is 7.11 Å². The first-order valence-electron chi connectivity index (χ1n) is 7.61. The summed E-state index contributed by atoms with van der Waals surface area (Å²) in [4.78, 5) is 2.61. The minimum Gasteiger partial charge on any atom is -0.496 e. The van der Waals surface area contributed by atoms with Gasteiger partial charge in [0.15, 0.2) is 0 Å². The van der Waals surface area contributed by atoms with E-state index < -0.39 is 0 Å². The average Bonchev–Trinajstić information content (AvgIpc) is 2.55. The van der Waals surface area contributed by atoms with Crippen LogP contribution in [-0.2, 0) is 4.74 Å². The number of rotatable bonds is 4. The molecule has 0 radical (unpaired) electrons. The van der Waals surface area contributed by atoms with Crippen molar-refractivity contribution in [3.63, 3.8) is 0 Å². The molecule has 3 nitrogen and oxygen atoms in total. The number of hydrogen-bond acceptors (Lipinski definition) is 4. The molecule has 1 aromatic carbocycles. The van der Waals surface area contributed by atoms with Crippen molar-refractivity contribution in [2.45, 2.75) is 17.7 Å². The van der Waals surface area contributed by atoms with E-state index in [1.165, 1.54) is 18.7 Å². The molecule has 2 unspecified atom stereocenters. The molecule has 0 bridgehead atoms. The summed E-state index contributed by atoms with van der Waals surface area (Å²) in [6.07, 6.45) is 5.61. The van der Waals surface area contributed by atoms with Crippen LogP contribution in [0.1, 0.15) is 12.0 Å². The Balaban J connectivity index is 1.62. The van der Waals surface area contributed by atoms with Crippen molar-refractivity contribution in [2.75, 3.05) is 39.2 Å². The zero-order valence-electron chi connectivity index (χ0n) is 12.5. The van der Waals surface area contributed by atoms with E-state index in [2.05, 4.69) is 34.9 Å². The van der Waals surface area contributed by atoms with Gasteiger partial charge in [-0.3, -0.25) is 4.90 Å². The van der Waals surface area contributed by atoms with Crippen molar-refractivity contribution in [2.24, 2.45) is 0 Å². The van der Waals surface area contributed by atoms with E-state index in [0.29, 0.717) is 11.3 Å². The van der Waals surface area contributed by atoms with Gasteiger partial charge in [-0.2, -0.15) is 11.8 Å². The summed E-state index contributed by atoms with van der Waals surface area (Å²) >= 11 is 2.08. The first-order chi connectivity index (χ1) is 10.4. The second kappa shape index (κ2) is 7.34. The van der Waals surface area contributed by atoms with Crippen LogP contribution in [-0.4, -0.2) is 55.4 Å². The van der Waals surface area contributed by atoms with Gasteiger partial charge in [0.05, 0.1) is 13.7 Å². The number of benzene rings is 1. The van der Waals surface area contributed by atoms with Crippen LogP contribution in [0, 0.1) is 0 Å². The maximum absolute atomic E-state index is 5.61. The van der Waals surface area contributed by atoms with Crippen molar-refractivity contribution in [3.05, 3.63) is 35.9 Å². The van der Waals surface area contributed by atoms with Crippen LogP contribution in [0.2, 0.25) is 0 Å². The molecule has 21 heavy (non-hydrogen) atoms. The number of hydrogen-bond donors (Lipinski definition) is 0. The Kier molecular flexibility index (Phi) is 5.22. The summed E-state index contributed by atoms with van der Waals surface area (Å²) in [5, 5.41) is 0.659. The molecular weight excluding hydrogens is 282 g/mol. The van der Waals surface area contributed by atoms with Crippen LogP contribution in [0.15, 0.2) is 30.3 Å². The second-order valence-corrected chi connectivity index (χ2v) is 6.83. The van der Waals surface area contributed by atoms with Gasteiger partial charge in [0.25, 0.3) is 0 Å². The number of para-hydroxylation sites is 1. The van der Waals surface area contributed by atoms with Gasteiger partial charge >= 0.3 is 0 Å². The third kappa shape index (κ3) is 3.62. The Morgan fingerprint density at radius 2 is 2.33 bits per heavy atom. The number of nitrogens with zero attached hydrogens (tertiary/aromatic N) is 1. The first-order valence-corrected chi connectivity index (χ1v) is 8.66. The Hall–Kier alpha value is -0.970. The third-order valence-electron chi connectivity index (χ3n) is 4.22. The SMILES string of the molecule is COc1ccccc1C=CCN1CCSC2COCCC21. The van der Waals surface area contributed by atoms with E-state index in [4.69, 9.17) is 9.47 Å². The van der Waals surface area contributed by atoms with Crippen LogP contribution in [0.4, 0.5) is 0 Å². The van der Waals surface area contributed by atoms with Gasteiger partial charge in [-0.25, -0.2) is 0 Å². The van der Waals surface area contributed by atoms with Crippen LogP contribution in [0.25, 0.3) is 6.08 Å². The van der Waals surface area contributed by atoms with E-state index in [0.717, 1.165) is 31.1 Å². The first kappa shape index (κ1) is 14.9. The van der Waals surface area contributed by atoms with E-state index in [1.807, 2.05) is 18.2 Å². The third-order valence-corrected chi connectivity index (χ3v) is 5.52. The number of ether oxygens (including phenoxy) is 2. The molecule has 2 fully saturated rings. The number of methoxy groups -OCH3 is 1. The summed E-state index contributed by atoms with van der Waals surface area (Å²) < 4.78 is 11.0. The van der Waals surface area contributed by atoms with Crippen LogP contribution < -0.4 is 4.74 Å². The maximum atomic E-state index is 5.61. The molecular formula is C17H23NO2S. The van der Waals surface area contributed by atoms with Gasteiger partial charge in [0.1, 0.15) is 5.75 Å². The largest absolute Gasteiger partial charge is 0.496 e. The van der Waals surface area contributed by atoms with Crippen LogP contribution in [0.3, 0.4) is 0 Å². The normalized spacial score (nSPS) is 26.7. The molecule has 0 saturated carbocycles. The van der Waals surface area contributed by atoms with Crippen molar-refractivity contribution < 1.29 is 9.47 Å². The summed E-state index contributed by atoms with van der Waals surface area (Å²) in [6.45, 7) is 4.03. The lowest BCUT2D eigenvalue weighted by Gasteiger charge is -2.43. The minimum atomic E-state index is 0.659. The predicted octanol–water partition coefficient (Wildman–Crippen LogP) is 2.91. The van der Waals surface area contributed by atoms with Crippen LogP contribution >= 0.6 is 11.8 Å². The van der Waals surface area contributed by atoms with Crippen molar-refractivity contribution in [1.82, 2.24) is 4.90 Å². The van der Waals surface area contributed by atoms with Gasteiger partial charge in [0.2, 0.25) is 0 Å². The molecule has 0 spiro atoms. The Bertz CT molecular complexity index is 489. The van der Waals surface area contributed by atoms with Gasteiger partial charge in [-0.1, -0.05) is 30.4 Å². The molecule has 114 valence electrons. The summed E-state index contributed by atoms with van der Waals surface area (Å²) in [6, 6.07) is 8.84. The molecule has 4 heteroatoms. The Labute approximate surface area is 131 Å². The smallest absolute Gasteiger partial charge is 0.126 e. The van der Waals surface area contributed by atoms with Crippen LogP contribution in [0.5, 0.6) is 5.75 Å². The molecule has 0 aliphatic carbocycles. The highest BCUT2D eigenvalue weighted by molar-refractivity contribution is 8.00. The Morgan fingerprint density at radius 3 is 3.24 bits per heavy atom. The zero-order valence-corrected chi connectivity index (χ0v) is 13.3. The van der Waals surface area contributed by atoms with Gasteiger partial charge in [-0.05, 0) is 12.5 Å². The highest BCUT2D eigenvalue weighted by Gasteiger charge is 2.33. The molecule has 2 aliphatic rings. The minimum absolute atomic E-state index is 0.659. The summed E-state index contributed by atoms with van der Waals surface area (Å²) in [7, 11) is 1.72. The number of thioether (sulfide) groups is 1. The fourth-order valence-corrected chi connectivity index (χ4v) is 4.48. The highest BCUT2D eigenvalue weighted by atomic mass is 32.2. The summed E-state index contributed by atoms with van der Waals surface area (Å²) in [5.74, 6) is 2.15. The summed E-state index contributed by atoms with van der Waals surface area (Å²) in [5.41, 5.74) is 1.15. The molecule has 3 rings (SSSR count). The molecule has 2 saturated heterocycles. The standard InChI is InChI=1S/C17H23NO2S/c1-19-16-7-3-2-5-14(16)6-4-9-18-10-12-21-17-13-20-11-8-15(17)18/h2-7,15,17H,8-13H2,1H3. The lowest BCUT2D eigenvalue weighted by molar-refractivity contribution is 0.0423. The molecule has 0 amide bonds. The van der Waals surface area contributed by atoms with Gasteiger partial charge < -0.3 is 9.47 Å². The predicted molar refractivity (Wildman–Crippen MR) is 89.1 cm³/mol. The lowest BCUT2D eigenvalue weighted by atomic mass is 10.1. The van der Waals surface area contributed by atoms with E-state index in [-0.39, 0.29) is 0 Å². The molecule has 2 heterocycles. The van der Waals surface area contributed by atoms with E-state index in [9.17, 15) is 0 Å². The molecule has 0 N–H and O–H groups in total. The average molecular weight is 305 g/mol. The quantitative estimate of drug-likeness (QED) is 0.852. The molecule has 2 aliphatic heterocycles. The monoisotopic (exact) mass is 305 g/mol. The highest BCUT2D eigenvalue weighted by Crippen LogP contribution is 2.30. The van der Waals surface area contributed by atoms with Gasteiger partial charge in [0, 0.05) is 42.3 Å². The lowest BCUT2D eigenvalue weighted by Crippen LogP contribution is -2.51. The van der Waals surface area contributed by atoms with Gasteiger partial charge in [-0.15, -0.1) is 0 Å². The maximum Gasteiger partial charge on any atom is 0.126 e. The van der Waals surface area contributed by atoms with Crippen molar-refractivity contribution in [3.8, 4) is 5.75 Å². The number of fused-ring (bicyclic) bond motifs is 1. The topological polar surface area (TPSA) is 21.7 Å². The Morgan fingerprint density at radius 1 is 1.43 bits per heavy atom. The molecule has 2 atom stereocenters. The zero-order chi connectivity index (χ0) is 14.5. The van der Waals surface area contributed by atoms with Crippen molar-refractivity contribution in [1.29, 1.82) is 0 Å². The van der Waals surface area contributed by atoms with Crippen molar-refractivity contribution >= 4 is 17.8 Å². The molecule has 1 aromatic rings. The fourth-order valence-electron chi connectivity index (χ4n) is 3.11.